The lowest BCUT2D eigenvalue weighted by atomic mass is 10.00. The zero-order valence-corrected chi connectivity index (χ0v) is 11.6. The van der Waals surface area contributed by atoms with Crippen LogP contribution in [0.2, 0.25) is 0 Å². The van der Waals surface area contributed by atoms with Gasteiger partial charge in [0.1, 0.15) is 0 Å². The van der Waals surface area contributed by atoms with Gasteiger partial charge in [-0.3, -0.25) is 0 Å². The summed E-state index contributed by atoms with van der Waals surface area (Å²) in [6.07, 6.45) is 8.22. The fourth-order valence-corrected chi connectivity index (χ4v) is 2.41. The standard InChI is InChI=1S/C19H17N/c1-15-11-12-19-18(14-15)16(2)8-6-7-13-20(19)17-9-4-3-5-10-17/h3-14H,2H2,1H3/b8-6-,13-7-. The van der Waals surface area contributed by atoms with E-state index >= 15 is 0 Å². The van der Waals surface area contributed by atoms with E-state index in [0.29, 0.717) is 0 Å². The second-order valence-electron chi connectivity index (χ2n) is 4.95. The van der Waals surface area contributed by atoms with Gasteiger partial charge in [0.2, 0.25) is 0 Å². The SMILES string of the molecule is C=C1/C=C\C=C/N(c2ccccc2)c2ccc(C)cc21. The molecule has 1 aliphatic rings. The zero-order valence-electron chi connectivity index (χ0n) is 11.6. The minimum absolute atomic E-state index is 1.04. The highest BCUT2D eigenvalue weighted by molar-refractivity contribution is 5.85. The molecule has 0 amide bonds. The van der Waals surface area contributed by atoms with Crippen molar-refractivity contribution < 1.29 is 0 Å². The summed E-state index contributed by atoms with van der Waals surface area (Å²) in [4.78, 5) is 2.20. The van der Waals surface area contributed by atoms with E-state index in [-0.39, 0.29) is 0 Å². The number of allylic oxidation sites excluding steroid dienone is 4. The highest BCUT2D eigenvalue weighted by atomic mass is 15.1. The van der Waals surface area contributed by atoms with Crippen molar-refractivity contribution in [1.29, 1.82) is 0 Å². The molecule has 0 saturated carbocycles. The summed E-state index contributed by atoms with van der Waals surface area (Å²) >= 11 is 0. The van der Waals surface area contributed by atoms with Gasteiger partial charge in [-0.05, 0) is 42.8 Å². The first kappa shape index (κ1) is 12.5. The molecule has 0 unspecified atom stereocenters. The summed E-state index contributed by atoms with van der Waals surface area (Å²) in [5.74, 6) is 0. The molecule has 2 aromatic rings. The predicted octanol–water partition coefficient (Wildman–Crippen LogP) is 5.23. The van der Waals surface area contributed by atoms with Crippen LogP contribution in [0.1, 0.15) is 11.1 Å². The Morgan fingerprint density at radius 3 is 2.55 bits per heavy atom. The highest BCUT2D eigenvalue weighted by Crippen LogP contribution is 2.34. The summed E-state index contributed by atoms with van der Waals surface area (Å²) in [5.41, 5.74) is 5.77. The molecule has 2 aromatic carbocycles. The Bertz CT molecular complexity index is 693. The Morgan fingerprint density at radius 2 is 1.75 bits per heavy atom. The van der Waals surface area contributed by atoms with Crippen LogP contribution in [-0.2, 0) is 0 Å². The summed E-state index contributed by atoms with van der Waals surface area (Å²) in [7, 11) is 0. The molecule has 20 heavy (non-hydrogen) atoms. The van der Waals surface area contributed by atoms with Crippen LogP contribution in [-0.4, -0.2) is 0 Å². The number of hydrogen-bond acceptors (Lipinski definition) is 1. The highest BCUT2D eigenvalue weighted by Gasteiger charge is 2.13. The molecule has 3 rings (SSSR count). The molecular formula is C19H17N. The van der Waals surface area contributed by atoms with E-state index in [4.69, 9.17) is 0 Å². The molecule has 0 saturated heterocycles. The first-order chi connectivity index (χ1) is 9.75. The Hall–Kier alpha value is -2.54. The molecule has 0 atom stereocenters. The van der Waals surface area contributed by atoms with Crippen LogP contribution in [0.3, 0.4) is 0 Å². The van der Waals surface area contributed by atoms with E-state index in [1.165, 1.54) is 11.1 Å². The molecule has 98 valence electrons. The molecule has 0 radical (unpaired) electrons. The Labute approximate surface area is 120 Å². The van der Waals surface area contributed by atoms with Crippen LogP contribution in [0.15, 0.2) is 79.5 Å². The summed E-state index contributed by atoms with van der Waals surface area (Å²) in [6.45, 7) is 6.29. The largest absolute Gasteiger partial charge is 0.317 e. The molecule has 0 fully saturated rings. The van der Waals surface area contributed by atoms with E-state index in [9.17, 15) is 0 Å². The number of hydrogen-bond donors (Lipinski definition) is 0. The predicted molar refractivity (Wildman–Crippen MR) is 87.1 cm³/mol. The van der Waals surface area contributed by atoms with E-state index in [1.54, 1.807) is 0 Å². The van der Waals surface area contributed by atoms with Crippen LogP contribution < -0.4 is 4.90 Å². The van der Waals surface area contributed by atoms with Crippen molar-refractivity contribution in [1.82, 2.24) is 0 Å². The fraction of sp³-hybridized carbons (Fsp3) is 0.0526. The number of fused-ring (bicyclic) bond motifs is 1. The van der Waals surface area contributed by atoms with E-state index in [2.05, 4.69) is 73.1 Å². The van der Waals surface area contributed by atoms with Gasteiger partial charge in [-0.1, -0.05) is 48.6 Å². The lowest BCUT2D eigenvalue weighted by molar-refractivity contribution is 1.26. The number of anilines is 2. The van der Waals surface area contributed by atoms with Crippen LogP contribution in [0.4, 0.5) is 11.4 Å². The minimum atomic E-state index is 1.04. The lowest BCUT2D eigenvalue weighted by Gasteiger charge is -2.25. The maximum absolute atomic E-state index is 4.18. The number of para-hydroxylation sites is 1. The zero-order chi connectivity index (χ0) is 13.9. The molecule has 1 nitrogen and oxygen atoms in total. The lowest BCUT2D eigenvalue weighted by Crippen LogP contribution is -2.11. The molecule has 0 bridgehead atoms. The van der Waals surface area contributed by atoms with E-state index < -0.39 is 0 Å². The molecule has 0 spiro atoms. The van der Waals surface area contributed by atoms with E-state index in [0.717, 1.165) is 16.9 Å². The molecule has 1 aliphatic heterocycles. The molecular weight excluding hydrogens is 242 g/mol. The second kappa shape index (κ2) is 5.22. The number of aryl methyl sites for hydroxylation is 1. The first-order valence-corrected chi connectivity index (χ1v) is 6.75. The molecule has 0 N–H and O–H groups in total. The van der Waals surface area contributed by atoms with Crippen LogP contribution in [0.25, 0.3) is 5.57 Å². The summed E-state index contributed by atoms with van der Waals surface area (Å²) < 4.78 is 0. The van der Waals surface area contributed by atoms with Gasteiger partial charge in [0.15, 0.2) is 0 Å². The Kier molecular flexibility index (Phi) is 3.26. The van der Waals surface area contributed by atoms with Crippen molar-refractivity contribution in [3.8, 4) is 0 Å². The van der Waals surface area contributed by atoms with Gasteiger partial charge in [0, 0.05) is 17.5 Å². The number of nitrogens with zero attached hydrogens (tertiary/aromatic N) is 1. The smallest absolute Gasteiger partial charge is 0.0533 e. The average molecular weight is 259 g/mol. The first-order valence-electron chi connectivity index (χ1n) is 6.75. The van der Waals surface area contributed by atoms with Crippen LogP contribution in [0.5, 0.6) is 0 Å². The second-order valence-corrected chi connectivity index (χ2v) is 4.95. The number of benzene rings is 2. The molecule has 1 heterocycles. The third-order valence-corrected chi connectivity index (χ3v) is 3.44. The van der Waals surface area contributed by atoms with Gasteiger partial charge in [-0.2, -0.15) is 0 Å². The Morgan fingerprint density at radius 1 is 0.950 bits per heavy atom. The van der Waals surface area contributed by atoms with Crippen molar-refractivity contribution in [3.63, 3.8) is 0 Å². The summed E-state index contributed by atoms with van der Waals surface area (Å²) in [6, 6.07) is 16.9. The topological polar surface area (TPSA) is 3.24 Å². The van der Waals surface area contributed by atoms with Gasteiger partial charge < -0.3 is 4.90 Å². The molecule has 0 aliphatic carbocycles. The van der Waals surface area contributed by atoms with Crippen molar-refractivity contribution in [2.45, 2.75) is 6.92 Å². The minimum Gasteiger partial charge on any atom is -0.317 e. The maximum atomic E-state index is 4.18. The third kappa shape index (κ3) is 2.30. The van der Waals surface area contributed by atoms with Gasteiger partial charge >= 0.3 is 0 Å². The van der Waals surface area contributed by atoms with Crippen molar-refractivity contribution in [2.24, 2.45) is 0 Å². The quantitative estimate of drug-likeness (QED) is 0.677. The van der Waals surface area contributed by atoms with Gasteiger partial charge in [0.05, 0.1) is 5.69 Å². The average Bonchev–Trinajstić information content (AvgIpc) is 2.47. The number of rotatable bonds is 1. The van der Waals surface area contributed by atoms with Crippen molar-refractivity contribution in [3.05, 3.63) is 90.7 Å². The van der Waals surface area contributed by atoms with Gasteiger partial charge in [0.25, 0.3) is 0 Å². The van der Waals surface area contributed by atoms with Gasteiger partial charge in [-0.15, -0.1) is 0 Å². The van der Waals surface area contributed by atoms with E-state index in [1.807, 2.05) is 18.2 Å². The van der Waals surface area contributed by atoms with Crippen LogP contribution >= 0.6 is 0 Å². The maximum Gasteiger partial charge on any atom is 0.0533 e. The van der Waals surface area contributed by atoms with Gasteiger partial charge in [-0.25, -0.2) is 0 Å². The monoisotopic (exact) mass is 259 g/mol. The van der Waals surface area contributed by atoms with Crippen molar-refractivity contribution >= 4 is 16.9 Å². The van der Waals surface area contributed by atoms with Crippen molar-refractivity contribution in [2.75, 3.05) is 4.90 Å². The van der Waals surface area contributed by atoms with Crippen LogP contribution in [0, 0.1) is 6.92 Å². The molecule has 1 heteroatoms. The molecule has 0 aromatic heterocycles. The Balaban J connectivity index is 2.21. The summed E-state index contributed by atoms with van der Waals surface area (Å²) in [5, 5.41) is 0. The third-order valence-electron chi connectivity index (χ3n) is 3.44. The fourth-order valence-electron chi connectivity index (χ4n) is 2.41. The normalized spacial score (nSPS) is 17.1.